The zero-order valence-corrected chi connectivity index (χ0v) is 26.3. The summed E-state index contributed by atoms with van der Waals surface area (Å²) in [5.41, 5.74) is 9.35. The van der Waals surface area contributed by atoms with E-state index in [0.717, 1.165) is 11.2 Å². The average Bonchev–Trinajstić information content (AvgIpc) is 3.89. The highest BCUT2D eigenvalue weighted by atomic mass is 32.1. The Labute approximate surface area is 267 Å². The average molecular weight is 637 g/mol. The lowest BCUT2D eigenvalue weighted by Crippen LogP contribution is -1.78. The van der Waals surface area contributed by atoms with Gasteiger partial charge in [0.15, 0.2) is 0 Å². The third-order valence-corrected chi connectivity index (χ3v) is 13.1. The van der Waals surface area contributed by atoms with Gasteiger partial charge in [0, 0.05) is 42.1 Å². The van der Waals surface area contributed by atoms with Gasteiger partial charge in [-0.3, -0.25) is 0 Å². The van der Waals surface area contributed by atoms with Gasteiger partial charge >= 0.3 is 0 Å². The predicted molar refractivity (Wildman–Crippen MR) is 192 cm³/mol. The van der Waals surface area contributed by atoms with Crippen molar-refractivity contribution < 1.29 is 8.83 Å². The molecule has 6 heteroatoms. The van der Waals surface area contributed by atoms with Crippen LogP contribution in [0.2, 0.25) is 0 Å². The second-order valence-electron chi connectivity index (χ2n) is 11.0. The maximum atomic E-state index is 5.56. The molecule has 0 unspecified atom stereocenters. The molecule has 208 valence electrons. The summed E-state index contributed by atoms with van der Waals surface area (Å²) >= 11 is 7.36. The molecular weight excluding hydrogens is 617 g/mol. The molecule has 6 aromatic heterocycles. The fraction of sp³-hybridized carbons (Fsp3) is 0. The maximum absolute atomic E-state index is 5.56. The standard InChI is InChI=1S/C38H20O2S4/c1-5-23(33-19-29-31(41-33)13-15-39-29)6-2-21(1)25-9-11-27-35(17-25)43-38-28-12-10-26(18-36(28)44-37(27)38)22-3-7-24(8-4-22)34-20-30-32(42-34)14-16-40-30/h1-20H. The molecule has 0 amide bonds. The Bertz CT molecular complexity index is 2410. The van der Waals surface area contributed by atoms with Crippen molar-refractivity contribution in [2.45, 2.75) is 0 Å². The molecule has 2 nitrogen and oxygen atoms in total. The van der Waals surface area contributed by atoms with E-state index in [-0.39, 0.29) is 0 Å². The normalized spacial score (nSPS) is 12.1. The Morgan fingerprint density at radius 3 is 1.18 bits per heavy atom. The first kappa shape index (κ1) is 24.9. The summed E-state index contributed by atoms with van der Waals surface area (Å²) in [6.45, 7) is 0. The lowest BCUT2D eigenvalue weighted by molar-refractivity contribution is 0.616. The summed E-state index contributed by atoms with van der Waals surface area (Å²) in [4.78, 5) is 2.47. The minimum absolute atomic E-state index is 0.959. The quantitative estimate of drug-likeness (QED) is 0.192. The van der Waals surface area contributed by atoms with Gasteiger partial charge in [0.05, 0.1) is 31.3 Å². The molecule has 0 aliphatic rings. The van der Waals surface area contributed by atoms with Crippen LogP contribution in [0.15, 0.2) is 131 Å². The number of hydrogen-bond acceptors (Lipinski definition) is 6. The second-order valence-corrected chi connectivity index (χ2v) is 15.2. The highest BCUT2D eigenvalue weighted by Gasteiger charge is 2.15. The third-order valence-electron chi connectivity index (χ3n) is 8.37. The van der Waals surface area contributed by atoms with Crippen LogP contribution in [0.25, 0.3) is 93.3 Å². The van der Waals surface area contributed by atoms with E-state index >= 15 is 0 Å². The first-order valence-electron chi connectivity index (χ1n) is 14.3. The SMILES string of the molecule is c1cc2sc(-c3ccc(-c4ccc5c(c4)sc4c6ccc(-c7ccc(-c8cc9occc9s8)cc7)cc6sc54)cc3)cc2o1. The smallest absolute Gasteiger partial charge is 0.145 e. The Balaban J connectivity index is 0.958. The summed E-state index contributed by atoms with van der Waals surface area (Å²) < 4.78 is 19.0. The highest BCUT2D eigenvalue weighted by molar-refractivity contribution is 7.36. The van der Waals surface area contributed by atoms with Gasteiger partial charge in [-0.25, -0.2) is 0 Å². The van der Waals surface area contributed by atoms with Crippen LogP contribution in [0, 0.1) is 0 Å². The van der Waals surface area contributed by atoms with Crippen LogP contribution in [-0.2, 0) is 0 Å². The molecule has 6 heterocycles. The Morgan fingerprint density at radius 2 is 0.750 bits per heavy atom. The molecule has 0 fully saturated rings. The first-order valence-corrected chi connectivity index (χ1v) is 17.5. The summed E-state index contributed by atoms with van der Waals surface area (Å²) in [5, 5.41) is 2.69. The van der Waals surface area contributed by atoms with Crippen LogP contribution < -0.4 is 0 Å². The third kappa shape index (κ3) is 3.89. The molecule has 10 aromatic rings. The minimum atomic E-state index is 0.959. The van der Waals surface area contributed by atoms with Crippen molar-refractivity contribution in [3.05, 3.63) is 122 Å². The molecule has 0 N–H and O–H groups in total. The molecule has 44 heavy (non-hydrogen) atoms. The fourth-order valence-electron chi connectivity index (χ4n) is 6.09. The van der Waals surface area contributed by atoms with Crippen LogP contribution in [0.4, 0.5) is 0 Å². The van der Waals surface area contributed by atoms with Gasteiger partial charge < -0.3 is 8.83 Å². The fourth-order valence-corrected chi connectivity index (χ4v) is 10.8. The molecule has 4 aromatic carbocycles. The van der Waals surface area contributed by atoms with Crippen molar-refractivity contribution in [1.82, 2.24) is 0 Å². The number of benzene rings is 4. The largest absolute Gasteiger partial charge is 0.463 e. The van der Waals surface area contributed by atoms with E-state index in [1.54, 1.807) is 35.2 Å². The van der Waals surface area contributed by atoms with Gasteiger partial charge in [-0.05, 0) is 57.6 Å². The summed E-state index contributed by atoms with van der Waals surface area (Å²) in [6, 6.07) is 40.0. The van der Waals surface area contributed by atoms with E-state index in [0.29, 0.717) is 0 Å². The molecule has 0 aliphatic heterocycles. The summed E-state index contributed by atoms with van der Waals surface area (Å²) in [5.74, 6) is 0. The lowest BCUT2D eigenvalue weighted by atomic mass is 10.0. The van der Waals surface area contributed by atoms with Gasteiger partial charge in [-0.15, -0.1) is 45.3 Å². The topological polar surface area (TPSA) is 26.3 Å². The zero-order valence-electron chi connectivity index (χ0n) is 23.0. The van der Waals surface area contributed by atoms with Crippen molar-refractivity contribution in [1.29, 1.82) is 0 Å². The van der Waals surface area contributed by atoms with Gasteiger partial charge in [0.2, 0.25) is 0 Å². The van der Waals surface area contributed by atoms with E-state index in [2.05, 4.69) is 97.1 Å². The number of rotatable bonds is 4. The van der Waals surface area contributed by atoms with Crippen molar-refractivity contribution in [3.8, 4) is 43.1 Å². The Kier molecular flexibility index (Phi) is 5.39. The van der Waals surface area contributed by atoms with Crippen LogP contribution in [0.1, 0.15) is 0 Å². The summed E-state index contributed by atoms with van der Waals surface area (Å²) in [6.07, 6.45) is 3.51. The van der Waals surface area contributed by atoms with Crippen molar-refractivity contribution in [2.24, 2.45) is 0 Å². The van der Waals surface area contributed by atoms with E-state index in [9.17, 15) is 0 Å². The maximum Gasteiger partial charge on any atom is 0.145 e. The monoisotopic (exact) mass is 636 g/mol. The lowest BCUT2D eigenvalue weighted by Gasteiger charge is -2.04. The molecule has 10 rings (SSSR count). The molecular formula is C38H20O2S4. The number of thiophene rings is 4. The molecule has 0 saturated carbocycles. The van der Waals surface area contributed by atoms with Crippen LogP contribution in [-0.4, -0.2) is 0 Å². The van der Waals surface area contributed by atoms with Crippen molar-refractivity contribution >= 4 is 95.5 Å². The van der Waals surface area contributed by atoms with Gasteiger partial charge in [0.25, 0.3) is 0 Å². The van der Waals surface area contributed by atoms with Crippen molar-refractivity contribution in [2.75, 3.05) is 0 Å². The Hall–Kier alpha value is -4.46. The molecule has 0 radical (unpaired) electrons. The van der Waals surface area contributed by atoms with E-state index in [1.165, 1.54) is 82.1 Å². The van der Waals surface area contributed by atoms with Gasteiger partial charge in [-0.1, -0.05) is 72.8 Å². The first-order chi connectivity index (χ1) is 21.7. The van der Waals surface area contributed by atoms with Gasteiger partial charge in [0.1, 0.15) is 11.2 Å². The van der Waals surface area contributed by atoms with Crippen molar-refractivity contribution in [3.63, 3.8) is 0 Å². The van der Waals surface area contributed by atoms with Crippen LogP contribution in [0.3, 0.4) is 0 Å². The van der Waals surface area contributed by atoms with E-state index < -0.39 is 0 Å². The number of hydrogen-bond donors (Lipinski definition) is 0. The highest BCUT2D eigenvalue weighted by Crippen LogP contribution is 2.46. The van der Waals surface area contributed by atoms with Crippen LogP contribution >= 0.6 is 45.3 Å². The van der Waals surface area contributed by atoms with E-state index in [4.69, 9.17) is 8.83 Å². The number of furan rings is 2. The molecule has 0 atom stereocenters. The minimum Gasteiger partial charge on any atom is -0.463 e. The number of fused-ring (bicyclic) bond motifs is 7. The molecule has 0 bridgehead atoms. The molecule has 0 spiro atoms. The predicted octanol–water partition coefficient (Wildman–Crippen LogP) is 13.6. The zero-order chi connectivity index (χ0) is 28.8. The van der Waals surface area contributed by atoms with Crippen LogP contribution in [0.5, 0.6) is 0 Å². The summed E-state index contributed by atoms with van der Waals surface area (Å²) in [7, 11) is 0. The molecule has 0 saturated heterocycles. The Morgan fingerprint density at radius 1 is 0.341 bits per heavy atom. The molecule has 0 aliphatic carbocycles. The second kappa shape index (κ2) is 9.52. The van der Waals surface area contributed by atoms with Gasteiger partial charge in [-0.2, -0.15) is 0 Å². The van der Waals surface area contributed by atoms with E-state index in [1.807, 2.05) is 34.8 Å².